The number of ether oxygens (including phenoxy) is 2. The summed E-state index contributed by atoms with van der Waals surface area (Å²) in [5, 5.41) is 3.03. The third kappa shape index (κ3) is 2.80. The molecule has 0 aromatic heterocycles. The molecule has 0 spiro atoms. The summed E-state index contributed by atoms with van der Waals surface area (Å²) in [5.74, 6) is 1.50. The van der Waals surface area contributed by atoms with Gasteiger partial charge in [-0.1, -0.05) is 42.5 Å². The van der Waals surface area contributed by atoms with E-state index in [9.17, 15) is 4.79 Å². The predicted molar refractivity (Wildman–Crippen MR) is 101 cm³/mol. The molecule has 0 fully saturated rings. The third-order valence-electron chi connectivity index (χ3n) is 4.55. The molecule has 3 aromatic rings. The number of hydrogen-bond donors (Lipinski definition) is 1. The second-order valence-corrected chi connectivity index (χ2v) is 6.30. The zero-order chi connectivity index (χ0) is 18.1. The Morgan fingerprint density at radius 2 is 1.58 bits per heavy atom. The molecule has 1 N–H and O–H groups in total. The summed E-state index contributed by atoms with van der Waals surface area (Å²) in [6, 6.07) is 21.0. The van der Waals surface area contributed by atoms with Crippen LogP contribution in [0.25, 0.3) is 0 Å². The number of hydrogen-bond acceptors (Lipinski definition) is 3. The van der Waals surface area contributed by atoms with E-state index in [2.05, 4.69) is 5.32 Å². The largest absolute Gasteiger partial charge is 0.495 e. The van der Waals surface area contributed by atoms with Gasteiger partial charge in [0.25, 0.3) is 0 Å². The summed E-state index contributed by atoms with van der Waals surface area (Å²) in [6.45, 7) is 1.98. The van der Waals surface area contributed by atoms with Gasteiger partial charge in [0.1, 0.15) is 17.2 Å². The van der Waals surface area contributed by atoms with Crippen molar-refractivity contribution in [2.24, 2.45) is 0 Å². The van der Waals surface area contributed by atoms with Crippen LogP contribution in [-0.4, -0.2) is 13.0 Å². The second kappa shape index (κ2) is 6.56. The maximum Gasteiger partial charge on any atom is 0.236 e. The van der Waals surface area contributed by atoms with E-state index in [0.717, 1.165) is 16.7 Å². The average molecular weight is 345 g/mol. The van der Waals surface area contributed by atoms with Gasteiger partial charge in [-0.05, 0) is 36.8 Å². The van der Waals surface area contributed by atoms with Crippen LogP contribution in [0.15, 0.2) is 66.7 Å². The van der Waals surface area contributed by atoms with E-state index < -0.39 is 5.92 Å². The highest BCUT2D eigenvalue weighted by molar-refractivity contribution is 6.00. The van der Waals surface area contributed by atoms with E-state index in [1.807, 2.05) is 73.7 Å². The molecule has 4 nitrogen and oxygen atoms in total. The van der Waals surface area contributed by atoms with Crippen molar-refractivity contribution in [1.82, 2.24) is 0 Å². The summed E-state index contributed by atoms with van der Waals surface area (Å²) in [7, 11) is 1.60. The van der Waals surface area contributed by atoms with Crippen LogP contribution in [0, 0.1) is 6.92 Å². The van der Waals surface area contributed by atoms with Crippen LogP contribution < -0.4 is 14.8 Å². The number of carbonyl (C=O) groups excluding carboxylic acids is 1. The average Bonchev–Trinajstić information content (AvgIpc) is 2.66. The van der Waals surface area contributed by atoms with Crippen LogP contribution in [0.5, 0.6) is 17.2 Å². The molecule has 0 radical (unpaired) electrons. The number of methoxy groups -OCH3 is 1. The smallest absolute Gasteiger partial charge is 0.236 e. The molecule has 0 atom stereocenters. The van der Waals surface area contributed by atoms with Gasteiger partial charge in [0.15, 0.2) is 0 Å². The Morgan fingerprint density at radius 3 is 2.19 bits per heavy atom. The van der Waals surface area contributed by atoms with E-state index in [4.69, 9.17) is 9.47 Å². The van der Waals surface area contributed by atoms with E-state index in [-0.39, 0.29) is 5.91 Å². The highest BCUT2D eigenvalue weighted by atomic mass is 16.5. The van der Waals surface area contributed by atoms with Crippen molar-refractivity contribution >= 4 is 11.6 Å². The molecule has 0 saturated carbocycles. The van der Waals surface area contributed by atoms with Crippen molar-refractivity contribution in [3.05, 3.63) is 83.4 Å². The summed E-state index contributed by atoms with van der Waals surface area (Å²) >= 11 is 0. The van der Waals surface area contributed by atoms with Gasteiger partial charge >= 0.3 is 0 Å². The maximum atomic E-state index is 13.3. The van der Waals surface area contributed by atoms with Crippen molar-refractivity contribution in [3.63, 3.8) is 0 Å². The molecule has 1 aliphatic rings. The van der Waals surface area contributed by atoms with Crippen LogP contribution in [0.3, 0.4) is 0 Å². The van der Waals surface area contributed by atoms with Gasteiger partial charge in [0.2, 0.25) is 5.91 Å². The minimum Gasteiger partial charge on any atom is -0.495 e. The quantitative estimate of drug-likeness (QED) is 0.736. The van der Waals surface area contributed by atoms with E-state index in [0.29, 0.717) is 22.9 Å². The lowest BCUT2D eigenvalue weighted by atomic mass is 9.87. The number of para-hydroxylation sites is 2. The van der Waals surface area contributed by atoms with Crippen molar-refractivity contribution in [1.29, 1.82) is 0 Å². The van der Waals surface area contributed by atoms with Gasteiger partial charge < -0.3 is 14.8 Å². The van der Waals surface area contributed by atoms with Gasteiger partial charge in [-0.15, -0.1) is 0 Å². The van der Waals surface area contributed by atoms with Crippen molar-refractivity contribution in [3.8, 4) is 17.2 Å². The first-order valence-electron chi connectivity index (χ1n) is 8.48. The van der Waals surface area contributed by atoms with Crippen molar-refractivity contribution in [2.45, 2.75) is 12.8 Å². The molecule has 0 bridgehead atoms. The summed E-state index contributed by atoms with van der Waals surface area (Å²) in [6.07, 6.45) is 0. The van der Waals surface area contributed by atoms with Crippen LogP contribution in [0.1, 0.15) is 22.6 Å². The zero-order valence-electron chi connectivity index (χ0n) is 14.7. The summed E-state index contributed by atoms with van der Waals surface area (Å²) in [4.78, 5) is 13.3. The SMILES string of the molecule is COc1ccc(C)cc1NC(=O)C1c2ccccc2Oc2ccccc21. The lowest BCUT2D eigenvalue weighted by Crippen LogP contribution is -2.25. The zero-order valence-corrected chi connectivity index (χ0v) is 14.7. The Hall–Kier alpha value is -3.27. The normalized spacial score (nSPS) is 12.5. The molecule has 3 aromatic carbocycles. The molecule has 1 heterocycles. The van der Waals surface area contributed by atoms with Crippen LogP contribution >= 0.6 is 0 Å². The number of rotatable bonds is 3. The number of anilines is 1. The Morgan fingerprint density at radius 1 is 0.962 bits per heavy atom. The molecule has 4 heteroatoms. The summed E-state index contributed by atoms with van der Waals surface area (Å²) in [5.41, 5.74) is 3.43. The lowest BCUT2D eigenvalue weighted by Gasteiger charge is -2.27. The van der Waals surface area contributed by atoms with Crippen molar-refractivity contribution in [2.75, 3.05) is 12.4 Å². The van der Waals surface area contributed by atoms with Crippen LogP contribution in [0.4, 0.5) is 5.69 Å². The van der Waals surface area contributed by atoms with Crippen LogP contribution in [-0.2, 0) is 4.79 Å². The molecule has 0 aliphatic carbocycles. The van der Waals surface area contributed by atoms with E-state index in [1.54, 1.807) is 7.11 Å². The number of nitrogens with one attached hydrogen (secondary N) is 1. The molecule has 26 heavy (non-hydrogen) atoms. The fourth-order valence-corrected chi connectivity index (χ4v) is 3.32. The standard InChI is InChI=1S/C22H19NO3/c1-14-11-12-20(25-2)17(13-14)23-22(24)21-15-7-3-5-9-18(15)26-19-10-6-4-8-16(19)21/h3-13,21H,1-2H3,(H,23,24). The van der Waals surface area contributed by atoms with Crippen LogP contribution in [0.2, 0.25) is 0 Å². The van der Waals surface area contributed by atoms with Gasteiger partial charge in [0, 0.05) is 11.1 Å². The molecular weight excluding hydrogens is 326 g/mol. The highest BCUT2D eigenvalue weighted by Crippen LogP contribution is 2.44. The van der Waals surface area contributed by atoms with Gasteiger partial charge in [0.05, 0.1) is 18.7 Å². The van der Waals surface area contributed by atoms with Gasteiger partial charge in [-0.3, -0.25) is 4.79 Å². The Kier molecular flexibility index (Phi) is 4.09. The lowest BCUT2D eigenvalue weighted by molar-refractivity contribution is -0.116. The predicted octanol–water partition coefficient (Wildman–Crippen LogP) is 4.88. The fraction of sp³-hybridized carbons (Fsp3) is 0.136. The molecule has 4 rings (SSSR count). The topological polar surface area (TPSA) is 47.6 Å². The van der Waals surface area contributed by atoms with E-state index >= 15 is 0 Å². The maximum absolute atomic E-state index is 13.3. The Labute approximate surface area is 152 Å². The highest BCUT2D eigenvalue weighted by Gasteiger charge is 2.32. The third-order valence-corrected chi connectivity index (χ3v) is 4.55. The molecule has 1 aliphatic heterocycles. The number of carbonyl (C=O) groups is 1. The monoisotopic (exact) mass is 345 g/mol. The molecule has 0 unspecified atom stereocenters. The number of amides is 1. The molecular formula is C22H19NO3. The van der Waals surface area contributed by atoms with Gasteiger partial charge in [-0.25, -0.2) is 0 Å². The summed E-state index contributed by atoms with van der Waals surface area (Å²) < 4.78 is 11.4. The first-order valence-corrected chi connectivity index (χ1v) is 8.48. The Balaban J connectivity index is 1.76. The minimum absolute atomic E-state index is 0.114. The second-order valence-electron chi connectivity index (χ2n) is 6.30. The molecule has 1 amide bonds. The fourth-order valence-electron chi connectivity index (χ4n) is 3.32. The molecule has 0 saturated heterocycles. The Bertz CT molecular complexity index is 935. The number of fused-ring (bicyclic) bond motifs is 2. The first-order chi connectivity index (χ1) is 12.7. The van der Waals surface area contributed by atoms with Crippen molar-refractivity contribution < 1.29 is 14.3 Å². The minimum atomic E-state index is -0.443. The van der Waals surface area contributed by atoms with Gasteiger partial charge in [-0.2, -0.15) is 0 Å². The molecule has 130 valence electrons. The number of benzene rings is 3. The number of aryl methyl sites for hydroxylation is 1. The first kappa shape index (κ1) is 16.2. The van der Waals surface area contributed by atoms with E-state index in [1.165, 1.54) is 0 Å².